The minimum Gasteiger partial charge on any atom is -0.358 e. The van der Waals surface area contributed by atoms with Gasteiger partial charge in [0.15, 0.2) is 5.11 Å². The Morgan fingerprint density at radius 3 is 2.29 bits per heavy atom. The zero-order chi connectivity index (χ0) is 15.2. The maximum absolute atomic E-state index is 12.9. The molecular formula is C17H19FN2S. The predicted octanol–water partition coefficient (Wildman–Crippen LogP) is 4.12. The third kappa shape index (κ3) is 4.26. The summed E-state index contributed by atoms with van der Waals surface area (Å²) in [4.78, 5) is 2.07. The number of nitrogens with zero attached hydrogens (tertiary/aromatic N) is 1. The molecule has 0 aromatic heterocycles. The molecule has 0 aliphatic heterocycles. The average Bonchev–Trinajstić information content (AvgIpc) is 2.47. The minimum atomic E-state index is -0.227. The van der Waals surface area contributed by atoms with E-state index in [1.54, 1.807) is 12.1 Å². The molecule has 0 unspecified atom stereocenters. The van der Waals surface area contributed by atoms with Gasteiger partial charge < -0.3 is 10.2 Å². The first kappa shape index (κ1) is 15.4. The van der Waals surface area contributed by atoms with E-state index >= 15 is 0 Å². The highest BCUT2D eigenvalue weighted by Gasteiger charge is 2.15. The zero-order valence-corrected chi connectivity index (χ0v) is 13.0. The molecule has 2 aromatic rings. The number of hydrogen-bond donors (Lipinski definition) is 1. The van der Waals surface area contributed by atoms with Gasteiger partial charge in [0.2, 0.25) is 0 Å². The van der Waals surface area contributed by atoms with Crippen molar-refractivity contribution >= 4 is 23.0 Å². The molecule has 0 atom stereocenters. The maximum atomic E-state index is 12.9. The van der Waals surface area contributed by atoms with Crippen LogP contribution >= 0.6 is 12.2 Å². The van der Waals surface area contributed by atoms with Gasteiger partial charge in [-0.25, -0.2) is 4.39 Å². The molecule has 0 saturated heterocycles. The van der Waals surface area contributed by atoms with E-state index in [4.69, 9.17) is 12.2 Å². The minimum absolute atomic E-state index is 0.227. The fourth-order valence-electron chi connectivity index (χ4n) is 2.10. The Bertz CT molecular complexity index is 581. The predicted molar refractivity (Wildman–Crippen MR) is 89.9 cm³/mol. The lowest BCUT2D eigenvalue weighted by Crippen LogP contribution is -2.43. The number of benzene rings is 2. The first-order valence-electron chi connectivity index (χ1n) is 6.94. The molecule has 1 N–H and O–H groups in total. The second-order valence-electron chi connectivity index (χ2n) is 5.08. The molecule has 0 aliphatic carbocycles. The van der Waals surface area contributed by atoms with Crippen LogP contribution in [0.1, 0.15) is 19.4 Å². The van der Waals surface area contributed by atoms with Crippen LogP contribution in [-0.4, -0.2) is 11.2 Å². The molecule has 0 heterocycles. The van der Waals surface area contributed by atoms with Gasteiger partial charge in [0.1, 0.15) is 5.82 Å². The van der Waals surface area contributed by atoms with Gasteiger partial charge in [-0.2, -0.15) is 0 Å². The molecule has 2 rings (SSSR count). The van der Waals surface area contributed by atoms with Crippen molar-refractivity contribution in [3.63, 3.8) is 0 Å². The van der Waals surface area contributed by atoms with Crippen LogP contribution in [0.5, 0.6) is 0 Å². The summed E-state index contributed by atoms with van der Waals surface area (Å²) in [7, 11) is 0. The zero-order valence-electron chi connectivity index (χ0n) is 12.2. The van der Waals surface area contributed by atoms with Crippen LogP contribution in [0.25, 0.3) is 0 Å². The van der Waals surface area contributed by atoms with Crippen molar-refractivity contribution in [3.05, 3.63) is 66.0 Å². The summed E-state index contributed by atoms with van der Waals surface area (Å²) in [6.07, 6.45) is 0. The summed E-state index contributed by atoms with van der Waals surface area (Å²) in [6.45, 7) is 4.77. The lowest BCUT2D eigenvalue weighted by atomic mass is 10.2. The standard InChI is InChI=1S/C17H19FN2S/c1-13(2)20(16-6-4-3-5-7-16)17(21)19-12-14-8-10-15(18)11-9-14/h3-11,13H,12H2,1-2H3,(H,19,21). The SMILES string of the molecule is CC(C)N(C(=S)NCc1ccc(F)cc1)c1ccccc1. The van der Waals surface area contributed by atoms with Gasteiger partial charge >= 0.3 is 0 Å². The smallest absolute Gasteiger partial charge is 0.173 e. The summed E-state index contributed by atoms with van der Waals surface area (Å²) >= 11 is 5.50. The van der Waals surface area contributed by atoms with E-state index in [1.165, 1.54) is 12.1 Å². The summed E-state index contributed by atoms with van der Waals surface area (Å²) in [5.41, 5.74) is 2.06. The van der Waals surface area contributed by atoms with Crippen molar-refractivity contribution in [1.82, 2.24) is 5.32 Å². The van der Waals surface area contributed by atoms with Crippen LogP contribution in [0.4, 0.5) is 10.1 Å². The third-order valence-electron chi connectivity index (χ3n) is 3.13. The first-order chi connectivity index (χ1) is 10.1. The van der Waals surface area contributed by atoms with Crippen molar-refractivity contribution in [3.8, 4) is 0 Å². The number of rotatable bonds is 4. The van der Waals surface area contributed by atoms with Gasteiger partial charge in [0.05, 0.1) is 0 Å². The van der Waals surface area contributed by atoms with Crippen LogP contribution in [0.3, 0.4) is 0 Å². The molecule has 0 saturated carbocycles. The highest BCUT2D eigenvalue weighted by molar-refractivity contribution is 7.80. The molecule has 110 valence electrons. The van der Waals surface area contributed by atoms with Crippen molar-refractivity contribution in [2.24, 2.45) is 0 Å². The first-order valence-corrected chi connectivity index (χ1v) is 7.35. The van der Waals surface area contributed by atoms with Crippen molar-refractivity contribution in [2.45, 2.75) is 26.4 Å². The number of nitrogens with one attached hydrogen (secondary N) is 1. The summed E-state index contributed by atoms with van der Waals surface area (Å²) < 4.78 is 12.9. The Morgan fingerprint density at radius 2 is 1.71 bits per heavy atom. The quantitative estimate of drug-likeness (QED) is 0.856. The summed E-state index contributed by atoms with van der Waals surface area (Å²) in [5.74, 6) is -0.227. The molecular weight excluding hydrogens is 283 g/mol. The molecule has 0 spiro atoms. The monoisotopic (exact) mass is 302 g/mol. The highest BCUT2D eigenvalue weighted by atomic mass is 32.1. The fraction of sp³-hybridized carbons (Fsp3) is 0.235. The van der Waals surface area contributed by atoms with Crippen LogP contribution in [0, 0.1) is 5.82 Å². The summed E-state index contributed by atoms with van der Waals surface area (Å²) in [5, 5.41) is 3.90. The second-order valence-corrected chi connectivity index (χ2v) is 5.47. The average molecular weight is 302 g/mol. The van der Waals surface area contributed by atoms with Gasteiger partial charge in [-0.3, -0.25) is 0 Å². The van der Waals surface area contributed by atoms with Gasteiger partial charge in [-0.15, -0.1) is 0 Å². The molecule has 0 radical (unpaired) electrons. The number of anilines is 1. The van der Waals surface area contributed by atoms with Crippen molar-refractivity contribution < 1.29 is 4.39 Å². The van der Waals surface area contributed by atoms with Crippen LogP contribution < -0.4 is 10.2 Å². The van der Waals surface area contributed by atoms with Gasteiger partial charge in [-0.05, 0) is 55.9 Å². The molecule has 0 amide bonds. The Balaban J connectivity index is 2.04. The van der Waals surface area contributed by atoms with Gasteiger partial charge in [0, 0.05) is 18.3 Å². The van der Waals surface area contributed by atoms with Crippen molar-refractivity contribution in [1.29, 1.82) is 0 Å². The Kier molecular flexibility index (Phi) is 5.28. The largest absolute Gasteiger partial charge is 0.358 e. The van der Waals surface area contributed by atoms with Crippen LogP contribution in [0.2, 0.25) is 0 Å². The highest BCUT2D eigenvalue weighted by Crippen LogP contribution is 2.16. The number of hydrogen-bond acceptors (Lipinski definition) is 1. The Morgan fingerprint density at radius 1 is 1.10 bits per heavy atom. The van der Waals surface area contributed by atoms with E-state index < -0.39 is 0 Å². The van der Waals surface area contributed by atoms with E-state index in [9.17, 15) is 4.39 Å². The number of halogens is 1. The molecule has 4 heteroatoms. The molecule has 2 aromatic carbocycles. The number of para-hydroxylation sites is 1. The second kappa shape index (κ2) is 7.18. The maximum Gasteiger partial charge on any atom is 0.173 e. The lowest BCUT2D eigenvalue weighted by molar-refractivity contribution is 0.626. The van der Waals surface area contributed by atoms with Crippen LogP contribution in [-0.2, 0) is 6.54 Å². The Hall–Kier alpha value is -1.94. The van der Waals surface area contributed by atoms with E-state index in [-0.39, 0.29) is 11.9 Å². The topological polar surface area (TPSA) is 15.3 Å². The normalized spacial score (nSPS) is 10.5. The molecule has 0 aliphatic rings. The van der Waals surface area contributed by atoms with Gasteiger partial charge in [-0.1, -0.05) is 30.3 Å². The molecule has 2 nitrogen and oxygen atoms in total. The lowest BCUT2D eigenvalue weighted by Gasteiger charge is -2.29. The molecule has 0 fully saturated rings. The molecule has 21 heavy (non-hydrogen) atoms. The Labute approximate surface area is 130 Å². The van der Waals surface area contributed by atoms with E-state index in [2.05, 4.69) is 24.1 Å². The van der Waals surface area contributed by atoms with Gasteiger partial charge in [0.25, 0.3) is 0 Å². The van der Waals surface area contributed by atoms with E-state index in [1.807, 2.05) is 30.3 Å². The third-order valence-corrected chi connectivity index (χ3v) is 3.47. The number of thiocarbonyl (C=S) groups is 1. The van der Waals surface area contributed by atoms with Crippen molar-refractivity contribution in [2.75, 3.05) is 4.90 Å². The van der Waals surface area contributed by atoms with Crippen LogP contribution in [0.15, 0.2) is 54.6 Å². The fourth-order valence-corrected chi connectivity index (χ4v) is 2.49. The van der Waals surface area contributed by atoms with E-state index in [0.29, 0.717) is 11.7 Å². The van der Waals surface area contributed by atoms with E-state index in [0.717, 1.165) is 11.3 Å². The summed E-state index contributed by atoms with van der Waals surface area (Å²) in [6, 6.07) is 16.7. The molecule has 0 bridgehead atoms.